The molecular formula is C17H25N3O2. The molecule has 1 aromatic carbocycles. The summed E-state index contributed by atoms with van der Waals surface area (Å²) in [6.45, 7) is 3.43. The summed E-state index contributed by atoms with van der Waals surface area (Å²) in [4.78, 5) is 14.9. The van der Waals surface area contributed by atoms with Crippen LogP contribution in [-0.4, -0.2) is 43.6 Å². The van der Waals surface area contributed by atoms with Crippen LogP contribution in [0.3, 0.4) is 0 Å². The molecule has 2 fully saturated rings. The first-order valence-electron chi connectivity index (χ1n) is 8.12. The highest BCUT2D eigenvalue weighted by molar-refractivity contribution is 5.95. The zero-order valence-corrected chi connectivity index (χ0v) is 13.2. The molecule has 0 unspecified atom stereocenters. The molecular weight excluding hydrogens is 278 g/mol. The maximum atomic E-state index is 12.3. The number of carbonyl (C=O) groups excluding carboxylic acids is 1. The van der Waals surface area contributed by atoms with Crippen LogP contribution in [-0.2, 0) is 0 Å². The van der Waals surface area contributed by atoms with Crippen molar-refractivity contribution in [1.29, 1.82) is 0 Å². The zero-order valence-electron chi connectivity index (χ0n) is 13.2. The Morgan fingerprint density at radius 1 is 1.32 bits per heavy atom. The van der Waals surface area contributed by atoms with Gasteiger partial charge in [0.1, 0.15) is 5.75 Å². The van der Waals surface area contributed by atoms with Crippen molar-refractivity contribution < 1.29 is 9.53 Å². The van der Waals surface area contributed by atoms with Crippen LogP contribution < -0.4 is 15.8 Å². The highest BCUT2D eigenvalue weighted by Gasteiger charge is 2.27. The summed E-state index contributed by atoms with van der Waals surface area (Å²) < 4.78 is 5.17. The van der Waals surface area contributed by atoms with Crippen LogP contribution in [0.25, 0.3) is 0 Å². The second kappa shape index (κ2) is 6.57. The van der Waals surface area contributed by atoms with Crippen molar-refractivity contribution in [2.45, 2.75) is 31.7 Å². The molecule has 0 atom stereocenters. The molecule has 5 nitrogen and oxygen atoms in total. The van der Waals surface area contributed by atoms with Crippen LogP contribution in [0.1, 0.15) is 36.0 Å². The third kappa shape index (κ3) is 3.71. The fourth-order valence-electron chi connectivity index (χ4n) is 3.05. The Labute approximate surface area is 131 Å². The Bertz CT molecular complexity index is 535. The Hall–Kier alpha value is -1.75. The molecule has 1 aromatic rings. The molecule has 1 saturated carbocycles. The van der Waals surface area contributed by atoms with Gasteiger partial charge in [-0.05, 0) is 49.8 Å². The number of anilines is 1. The maximum Gasteiger partial charge on any atom is 0.251 e. The van der Waals surface area contributed by atoms with E-state index in [1.54, 1.807) is 25.3 Å². The van der Waals surface area contributed by atoms with Crippen LogP contribution in [0.2, 0.25) is 0 Å². The fraction of sp³-hybridized carbons (Fsp3) is 0.588. The second-order valence-corrected chi connectivity index (χ2v) is 6.45. The number of methoxy groups -OCH3 is 1. The minimum Gasteiger partial charge on any atom is -0.495 e. The van der Waals surface area contributed by atoms with Crippen LogP contribution >= 0.6 is 0 Å². The molecule has 0 aromatic heterocycles. The van der Waals surface area contributed by atoms with Gasteiger partial charge in [-0.25, -0.2) is 0 Å². The van der Waals surface area contributed by atoms with E-state index in [1.165, 1.54) is 19.4 Å². The molecule has 1 amide bonds. The third-order valence-corrected chi connectivity index (χ3v) is 4.63. The molecule has 0 radical (unpaired) electrons. The number of rotatable bonds is 5. The van der Waals surface area contributed by atoms with Gasteiger partial charge in [0.15, 0.2) is 0 Å². The van der Waals surface area contributed by atoms with Gasteiger partial charge in [0.2, 0.25) is 0 Å². The second-order valence-electron chi connectivity index (χ2n) is 6.45. The van der Waals surface area contributed by atoms with Gasteiger partial charge in [-0.1, -0.05) is 0 Å². The van der Waals surface area contributed by atoms with E-state index in [0.29, 0.717) is 17.0 Å². The average molecular weight is 303 g/mol. The maximum absolute atomic E-state index is 12.3. The van der Waals surface area contributed by atoms with E-state index in [4.69, 9.17) is 10.5 Å². The Morgan fingerprint density at radius 2 is 2.05 bits per heavy atom. The van der Waals surface area contributed by atoms with Gasteiger partial charge in [0.25, 0.3) is 5.91 Å². The number of ether oxygens (including phenoxy) is 1. The summed E-state index contributed by atoms with van der Waals surface area (Å²) in [6, 6.07) is 5.43. The van der Waals surface area contributed by atoms with Crippen LogP contribution in [0, 0.1) is 5.92 Å². The van der Waals surface area contributed by atoms with Crippen molar-refractivity contribution in [3.8, 4) is 5.75 Å². The lowest BCUT2D eigenvalue weighted by molar-refractivity contribution is 0.0909. The number of hydrogen-bond acceptors (Lipinski definition) is 4. The normalized spacial score (nSPS) is 19.9. The van der Waals surface area contributed by atoms with E-state index in [-0.39, 0.29) is 11.9 Å². The van der Waals surface area contributed by atoms with Gasteiger partial charge in [0, 0.05) is 31.2 Å². The predicted molar refractivity (Wildman–Crippen MR) is 87.1 cm³/mol. The molecule has 22 heavy (non-hydrogen) atoms. The molecule has 2 aliphatic rings. The zero-order chi connectivity index (χ0) is 15.5. The van der Waals surface area contributed by atoms with Crippen molar-refractivity contribution >= 4 is 11.6 Å². The number of nitrogens with one attached hydrogen (secondary N) is 1. The minimum absolute atomic E-state index is 0.0426. The van der Waals surface area contributed by atoms with Gasteiger partial charge < -0.3 is 20.7 Å². The number of hydrogen-bond donors (Lipinski definition) is 2. The summed E-state index contributed by atoms with van der Waals surface area (Å²) >= 11 is 0. The predicted octanol–water partition coefficient (Wildman–Crippen LogP) is 1.88. The average Bonchev–Trinajstić information content (AvgIpc) is 3.33. The highest BCUT2D eigenvalue weighted by atomic mass is 16.5. The molecule has 3 N–H and O–H groups in total. The first-order chi connectivity index (χ1) is 10.7. The first-order valence-corrected chi connectivity index (χ1v) is 8.12. The molecule has 0 spiro atoms. The van der Waals surface area contributed by atoms with E-state index in [9.17, 15) is 4.79 Å². The molecule has 120 valence electrons. The highest BCUT2D eigenvalue weighted by Crippen LogP contribution is 2.30. The number of carbonyl (C=O) groups is 1. The summed E-state index contributed by atoms with van der Waals surface area (Å²) in [6.07, 6.45) is 4.86. The molecule has 1 heterocycles. The molecule has 0 bridgehead atoms. The molecule has 1 aliphatic carbocycles. The summed E-state index contributed by atoms with van der Waals surface area (Å²) in [5, 5.41) is 3.13. The number of likely N-dealkylation sites (tertiary alicyclic amines) is 1. The van der Waals surface area contributed by atoms with E-state index in [1.807, 2.05) is 0 Å². The largest absolute Gasteiger partial charge is 0.495 e. The standard InChI is InChI=1S/C17H25N3O2/c1-22-16-10-13(4-5-15(16)18)17(21)19-14-6-8-20(9-7-14)11-12-2-3-12/h4-5,10,12,14H,2-3,6-9,11,18H2,1H3,(H,19,21). The Morgan fingerprint density at radius 3 is 2.68 bits per heavy atom. The summed E-state index contributed by atoms with van der Waals surface area (Å²) in [5.74, 6) is 1.44. The van der Waals surface area contributed by atoms with E-state index in [0.717, 1.165) is 31.8 Å². The number of piperidine rings is 1. The molecule has 3 rings (SSSR count). The van der Waals surface area contributed by atoms with Crippen LogP contribution in [0.5, 0.6) is 5.75 Å². The number of amides is 1. The van der Waals surface area contributed by atoms with E-state index in [2.05, 4.69) is 10.2 Å². The van der Waals surface area contributed by atoms with Crippen molar-refractivity contribution in [3.05, 3.63) is 23.8 Å². The fourth-order valence-corrected chi connectivity index (χ4v) is 3.05. The Kier molecular flexibility index (Phi) is 4.52. The topological polar surface area (TPSA) is 67.6 Å². The van der Waals surface area contributed by atoms with Gasteiger partial charge in [0.05, 0.1) is 12.8 Å². The first kappa shape index (κ1) is 15.2. The van der Waals surface area contributed by atoms with Gasteiger partial charge in [-0.2, -0.15) is 0 Å². The minimum atomic E-state index is -0.0426. The number of nitrogens with zero attached hydrogens (tertiary/aromatic N) is 1. The van der Waals surface area contributed by atoms with Crippen LogP contribution in [0.4, 0.5) is 5.69 Å². The smallest absolute Gasteiger partial charge is 0.251 e. The van der Waals surface area contributed by atoms with Crippen LogP contribution in [0.15, 0.2) is 18.2 Å². The SMILES string of the molecule is COc1cc(C(=O)NC2CCN(CC3CC3)CC2)ccc1N. The van der Waals surface area contributed by atoms with Gasteiger partial charge in [-0.15, -0.1) is 0 Å². The third-order valence-electron chi connectivity index (χ3n) is 4.63. The van der Waals surface area contributed by atoms with E-state index >= 15 is 0 Å². The molecule has 1 aliphatic heterocycles. The lowest BCUT2D eigenvalue weighted by Gasteiger charge is -2.32. The van der Waals surface area contributed by atoms with Crippen molar-refractivity contribution in [2.75, 3.05) is 32.5 Å². The summed E-state index contributed by atoms with van der Waals surface area (Å²) in [7, 11) is 1.56. The number of nitrogen functional groups attached to an aromatic ring is 1. The van der Waals surface area contributed by atoms with Crippen molar-refractivity contribution in [3.63, 3.8) is 0 Å². The molecule has 1 saturated heterocycles. The number of nitrogens with two attached hydrogens (primary N) is 1. The Balaban J connectivity index is 1.51. The monoisotopic (exact) mass is 303 g/mol. The van der Waals surface area contributed by atoms with Gasteiger partial charge in [-0.3, -0.25) is 4.79 Å². The van der Waals surface area contributed by atoms with Crippen molar-refractivity contribution in [1.82, 2.24) is 10.2 Å². The quantitative estimate of drug-likeness (QED) is 0.815. The molecule has 5 heteroatoms. The van der Waals surface area contributed by atoms with E-state index < -0.39 is 0 Å². The van der Waals surface area contributed by atoms with Crippen molar-refractivity contribution in [2.24, 2.45) is 5.92 Å². The lowest BCUT2D eigenvalue weighted by Crippen LogP contribution is -2.45. The summed E-state index contributed by atoms with van der Waals surface area (Å²) in [5.41, 5.74) is 6.93. The number of benzene rings is 1. The lowest BCUT2D eigenvalue weighted by atomic mass is 10.0. The van der Waals surface area contributed by atoms with Gasteiger partial charge >= 0.3 is 0 Å².